The van der Waals surface area contributed by atoms with Gasteiger partial charge >= 0.3 is 0 Å². The largest absolute Gasteiger partial charge is 0.360 e. The highest BCUT2D eigenvalue weighted by atomic mass is 15.2. The smallest absolute Gasteiger partial charge is 0.108 e. The number of aliphatic imine (C=N–C) groups is 1. The van der Waals surface area contributed by atoms with Crippen LogP contribution in [0.1, 0.15) is 27.2 Å². The van der Waals surface area contributed by atoms with Crippen LogP contribution in [0.3, 0.4) is 0 Å². The molecule has 0 aromatic rings. The van der Waals surface area contributed by atoms with Crippen LogP contribution in [0.5, 0.6) is 0 Å². The van der Waals surface area contributed by atoms with Crippen molar-refractivity contribution in [3.63, 3.8) is 0 Å². The van der Waals surface area contributed by atoms with E-state index in [-0.39, 0.29) is 0 Å². The molecule has 0 N–H and O–H groups in total. The molecule has 0 aromatic carbocycles. The highest BCUT2D eigenvalue weighted by Gasteiger charge is 2.08. The van der Waals surface area contributed by atoms with E-state index in [4.69, 9.17) is 0 Å². The van der Waals surface area contributed by atoms with Crippen LogP contribution in [0.25, 0.3) is 0 Å². The lowest BCUT2D eigenvalue weighted by atomic mass is 10.2. The summed E-state index contributed by atoms with van der Waals surface area (Å²) in [5, 5.41) is 0. The van der Waals surface area contributed by atoms with Crippen LogP contribution in [-0.4, -0.2) is 23.8 Å². The van der Waals surface area contributed by atoms with E-state index in [2.05, 4.69) is 36.7 Å². The molecule has 1 heterocycles. The number of amidine groups is 1. The van der Waals surface area contributed by atoms with Crippen molar-refractivity contribution in [2.75, 3.05) is 13.1 Å². The van der Waals surface area contributed by atoms with Crippen molar-refractivity contribution >= 4 is 5.84 Å². The first-order valence-electron chi connectivity index (χ1n) is 4.91. The minimum absolute atomic E-state index is 0.981. The summed E-state index contributed by atoms with van der Waals surface area (Å²) in [6.45, 7) is 8.56. The molecule has 1 rings (SSSR count). The van der Waals surface area contributed by atoms with Crippen molar-refractivity contribution in [2.45, 2.75) is 27.2 Å². The summed E-state index contributed by atoms with van der Waals surface area (Å²) in [7, 11) is 0. The van der Waals surface area contributed by atoms with Crippen molar-refractivity contribution in [1.29, 1.82) is 0 Å². The molecule has 1 aliphatic rings. The molecule has 2 nitrogen and oxygen atoms in total. The van der Waals surface area contributed by atoms with Crippen LogP contribution < -0.4 is 0 Å². The van der Waals surface area contributed by atoms with Gasteiger partial charge in [0, 0.05) is 25.7 Å². The summed E-state index contributed by atoms with van der Waals surface area (Å²) in [4.78, 5) is 6.72. The number of hydrogen-bond acceptors (Lipinski definition) is 2. The zero-order valence-electron chi connectivity index (χ0n) is 8.75. The van der Waals surface area contributed by atoms with E-state index in [1.54, 1.807) is 0 Å². The van der Waals surface area contributed by atoms with Gasteiger partial charge in [-0.1, -0.05) is 11.6 Å². The molecule has 13 heavy (non-hydrogen) atoms. The Balaban J connectivity index is 2.74. The maximum Gasteiger partial charge on any atom is 0.108 e. The normalized spacial score (nSPS) is 16.2. The molecule has 0 amide bonds. The molecule has 0 saturated carbocycles. The fourth-order valence-electron chi connectivity index (χ4n) is 1.47. The van der Waals surface area contributed by atoms with Gasteiger partial charge in [0.15, 0.2) is 0 Å². The summed E-state index contributed by atoms with van der Waals surface area (Å²) in [5.74, 6) is 1.19. The summed E-state index contributed by atoms with van der Waals surface area (Å²) in [5.41, 5.74) is 1.37. The predicted octanol–water partition coefficient (Wildman–Crippen LogP) is 2.59. The standard InChI is InChI=1S/C11H18N2/c1-4-13(5-2)11-9-10(3)7-6-8-12-11/h6-8H,4-5,9H2,1-3H3. The lowest BCUT2D eigenvalue weighted by Crippen LogP contribution is -2.30. The summed E-state index contributed by atoms with van der Waals surface area (Å²) in [6.07, 6.45) is 6.99. The Morgan fingerprint density at radius 3 is 2.69 bits per heavy atom. The van der Waals surface area contributed by atoms with E-state index >= 15 is 0 Å². The summed E-state index contributed by atoms with van der Waals surface area (Å²) >= 11 is 0. The molecule has 72 valence electrons. The average molecular weight is 178 g/mol. The molecular formula is C11H18N2. The zero-order chi connectivity index (χ0) is 9.68. The average Bonchev–Trinajstić information content (AvgIpc) is 2.32. The van der Waals surface area contributed by atoms with Gasteiger partial charge in [-0.25, -0.2) is 4.99 Å². The molecular weight excluding hydrogens is 160 g/mol. The Hall–Kier alpha value is -1.05. The molecule has 0 aromatic heterocycles. The van der Waals surface area contributed by atoms with Gasteiger partial charge in [0.2, 0.25) is 0 Å². The molecule has 0 unspecified atom stereocenters. The summed E-state index contributed by atoms with van der Waals surface area (Å²) < 4.78 is 0. The topological polar surface area (TPSA) is 15.6 Å². The molecule has 0 fully saturated rings. The lowest BCUT2D eigenvalue weighted by molar-refractivity contribution is 0.458. The van der Waals surface area contributed by atoms with Crippen molar-refractivity contribution in [1.82, 2.24) is 4.90 Å². The highest BCUT2D eigenvalue weighted by Crippen LogP contribution is 2.09. The third kappa shape index (κ3) is 2.72. The van der Waals surface area contributed by atoms with Gasteiger partial charge < -0.3 is 4.90 Å². The first-order chi connectivity index (χ1) is 6.27. The third-order valence-electron chi connectivity index (χ3n) is 2.26. The van der Waals surface area contributed by atoms with Gasteiger partial charge in [-0.2, -0.15) is 0 Å². The van der Waals surface area contributed by atoms with E-state index in [1.807, 2.05) is 12.3 Å². The molecule has 2 heteroatoms. The maximum absolute atomic E-state index is 4.43. The Labute approximate surface area is 80.7 Å². The van der Waals surface area contributed by atoms with E-state index in [0.29, 0.717) is 0 Å². The van der Waals surface area contributed by atoms with Gasteiger partial charge in [-0.15, -0.1) is 0 Å². The minimum Gasteiger partial charge on any atom is -0.360 e. The second-order valence-electron chi connectivity index (χ2n) is 3.25. The second-order valence-corrected chi connectivity index (χ2v) is 3.25. The van der Waals surface area contributed by atoms with Gasteiger partial charge in [-0.3, -0.25) is 0 Å². The van der Waals surface area contributed by atoms with Crippen LogP contribution in [-0.2, 0) is 0 Å². The van der Waals surface area contributed by atoms with E-state index in [9.17, 15) is 0 Å². The molecule has 0 radical (unpaired) electrons. The van der Waals surface area contributed by atoms with E-state index in [0.717, 1.165) is 19.5 Å². The van der Waals surface area contributed by atoms with Crippen LogP contribution in [0, 0.1) is 0 Å². The van der Waals surface area contributed by atoms with Gasteiger partial charge in [0.05, 0.1) is 0 Å². The van der Waals surface area contributed by atoms with Gasteiger partial charge in [0.1, 0.15) is 5.84 Å². The van der Waals surface area contributed by atoms with Crippen LogP contribution >= 0.6 is 0 Å². The Bertz CT molecular complexity index is 245. The fourth-order valence-corrected chi connectivity index (χ4v) is 1.47. The molecule has 0 bridgehead atoms. The zero-order valence-corrected chi connectivity index (χ0v) is 8.75. The SMILES string of the molecule is CCN(CC)C1=NC=CC=C(C)C1. The molecule has 0 spiro atoms. The van der Waals surface area contributed by atoms with Crippen LogP contribution in [0.15, 0.2) is 28.9 Å². The van der Waals surface area contributed by atoms with Gasteiger partial charge in [-0.05, 0) is 26.8 Å². The number of hydrogen-bond donors (Lipinski definition) is 0. The van der Waals surface area contributed by atoms with Crippen molar-refractivity contribution in [3.8, 4) is 0 Å². The minimum atomic E-state index is 0.981. The van der Waals surface area contributed by atoms with Crippen molar-refractivity contribution in [3.05, 3.63) is 23.9 Å². The van der Waals surface area contributed by atoms with Crippen molar-refractivity contribution < 1.29 is 0 Å². The van der Waals surface area contributed by atoms with Crippen molar-refractivity contribution in [2.24, 2.45) is 4.99 Å². The Morgan fingerprint density at radius 2 is 2.08 bits per heavy atom. The first-order valence-corrected chi connectivity index (χ1v) is 4.91. The molecule has 1 aliphatic heterocycles. The molecule has 0 atom stereocenters. The van der Waals surface area contributed by atoms with Crippen LogP contribution in [0.2, 0.25) is 0 Å². The Morgan fingerprint density at radius 1 is 1.38 bits per heavy atom. The lowest BCUT2D eigenvalue weighted by Gasteiger charge is -2.22. The maximum atomic E-state index is 4.43. The monoisotopic (exact) mass is 178 g/mol. The number of allylic oxidation sites excluding steroid dienone is 2. The fraction of sp³-hybridized carbons (Fsp3) is 0.545. The number of rotatable bonds is 2. The highest BCUT2D eigenvalue weighted by molar-refractivity contribution is 5.85. The third-order valence-corrected chi connectivity index (χ3v) is 2.26. The molecule has 0 saturated heterocycles. The van der Waals surface area contributed by atoms with Crippen LogP contribution in [0.4, 0.5) is 0 Å². The van der Waals surface area contributed by atoms with Gasteiger partial charge in [0.25, 0.3) is 0 Å². The summed E-state index contributed by atoms with van der Waals surface area (Å²) in [6, 6.07) is 0. The van der Waals surface area contributed by atoms with E-state index < -0.39 is 0 Å². The van der Waals surface area contributed by atoms with E-state index in [1.165, 1.54) is 11.4 Å². The quantitative estimate of drug-likeness (QED) is 0.634. The molecule has 0 aliphatic carbocycles. The number of nitrogens with zero attached hydrogens (tertiary/aromatic N) is 2. The predicted molar refractivity (Wildman–Crippen MR) is 57.9 cm³/mol. The Kier molecular flexibility index (Phi) is 3.74. The first kappa shape index (κ1) is 10.0. The second kappa shape index (κ2) is 4.85.